The van der Waals surface area contributed by atoms with Gasteiger partial charge in [0, 0.05) is 18.0 Å². The number of carbonyl (C=O) groups excluding carboxylic acids is 1. The van der Waals surface area contributed by atoms with Gasteiger partial charge < -0.3 is 4.90 Å². The molecule has 116 valence electrons. The first-order valence-electron chi connectivity index (χ1n) is 8.25. The summed E-state index contributed by atoms with van der Waals surface area (Å²) in [6, 6.07) is 8.45. The summed E-state index contributed by atoms with van der Waals surface area (Å²) in [4.78, 5) is 14.6. The summed E-state index contributed by atoms with van der Waals surface area (Å²) in [5.74, 6) is 0.141. The number of rotatable bonds is 4. The highest BCUT2D eigenvalue weighted by molar-refractivity contribution is 5.97. The summed E-state index contributed by atoms with van der Waals surface area (Å²) in [5, 5.41) is 0. The van der Waals surface area contributed by atoms with Gasteiger partial charge in [-0.1, -0.05) is 43.2 Å². The summed E-state index contributed by atoms with van der Waals surface area (Å²) >= 11 is 0. The fourth-order valence-electron chi connectivity index (χ4n) is 5.08. The SMILES string of the molecule is C=CC[C@@]12CCCC[C@]1(CC=C)N(C(C)=O)c1ccccc12. The standard InChI is InChI=1S/C20H25NO/c1-4-12-19-14-8-9-15-20(19,13-5-2)21(16(3)22)18-11-7-6-10-17(18)19/h4-7,10-11H,1-2,8-9,12-15H2,3H3/t19-,20-/m0/s1. The Hall–Kier alpha value is -1.83. The van der Waals surface area contributed by atoms with Gasteiger partial charge in [-0.15, -0.1) is 13.2 Å². The zero-order chi connectivity index (χ0) is 15.8. The van der Waals surface area contributed by atoms with E-state index in [-0.39, 0.29) is 16.9 Å². The van der Waals surface area contributed by atoms with Gasteiger partial charge in [0.2, 0.25) is 5.91 Å². The van der Waals surface area contributed by atoms with Crippen LogP contribution >= 0.6 is 0 Å². The van der Waals surface area contributed by atoms with E-state index in [0.717, 1.165) is 31.4 Å². The van der Waals surface area contributed by atoms with Crippen LogP contribution in [0.5, 0.6) is 0 Å². The van der Waals surface area contributed by atoms with Gasteiger partial charge in [-0.2, -0.15) is 0 Å². The molecule has 3 rings (SSSR count). The van der Waals surface area contributed by atoms with Crippen LogP contribution in [0.2, 0.25) is 0 Å². The number of allylic oxidation sites excluding steroid dienone is 1. The maximum Gasteiger partial charge on any atom is 0.224 e. The Morgan fingerprint density at radius 1 is 1.18 bits per heavy atom. The second-order valence-corrected chi connectivity index (χ2v) is 6.68. The molecule has 1 fully saturated rings. The van der Waals surface area contributed by atoms with E-state index >= 15 is 0 Å². The van der Waals surface area contributed by atoms with Crippen molar-refractivity contribution in [2.75, 3.05) is 4.90 Å². The molecule has 0 spiro atoms. The predicted octanol–water partition coefficient (Wildman–Crippen LogP) is 4.76. The van der Waals surface area contributed by atoms with Gasteiger partial charge in [0.25, 0.3) is 0 Å². The van der Waals surface area contributed by atoms with Crippen molar-refractivity contribution in [2.45, 2.75) is 56.4 Å². The molecule has 1 saturated carbocycles. The fraction of sp³-hybridized carbons (Fsp3) is 0.450. The Labute approximate surface area is 133 Å². The number of carbonyl (C=O) groups is 1. The molecule has 1 heterocycles. The second-order valence-electron chi connectivity index (χ2n) is 6.68. The molecular weight excluding hydrogens is 270 g/mol. The minimum Gasteiger partial charge on any atom is -0.305 e. The summed E-state index contributed by atoms with van der Waals surface area (Å²) in [6.07, 6.45) is 10.3. The average molecular weight is 295 g/mol. The molecule has 2 nitrogen and oxygen atoms in total. The molecule has 2 heteroatoms. The second kappa shape index (κ2) is 5.42. The third kappa shape index (κ3) is 1.76. The van der Waals surface area contributed by atoms with E-state index < -0.39 is 0 Å². The lowest BCUT2D eigenvalue weighted by Gasteiger charge is -2.52. The fourth-order valence-corrected chi connectivity index (χ4v) is 5.08. The Balaban J connectivity index is 2.31. The van der Waals surface area contributed by atoms with E-state index in [1.807, 2.05) is 18.2 Å². The van der Waals surface area contributed by atoms with Crippen LogP contribution in [-0.4, -0.2) is 11.4 Å². The number of nitrogens with zero attached hydrogens (tertiary/aromatic N) is 1. The Kier molecular flexibility index (Phi) is 3.72. The van der Waals surface area contributed by atoms with Gasteiger partial charge in [-0.25, -0.2) is 0 Å². The number of hydrogen-bond donors (Lipinski definition) is 0. The van der Waals surface area contributed by atoms with E-state index in [1.54, 1.807) is 6.92 Å². The van der Waals surface area contributed by atoms with Crippen LogP contribution in [-0.2, 0) is 10.2 Å². The first-order chi connectivity index (χ1) is 10.6. The molecule has 1 amide bonds. The minimum atomic E-state index is -0.170. The maximum absolute atomic E-state index is 12.6. The van der Waals surface area contributed by atoms with Crippen LogP contribution in [0.4, 0.5) is 5.69 Å². The summed E-state index contributed by atoms with van der Waals surface area (Å²) in [5.41, 5.74) is 2.24. The molecule has 1 aliphatic heterocycles. The van der Waals surface area contributed by atoms with Crippen molar-refractivity contribution in [3.05, 3.63) is 55.1 Å². The van der Waals surface area contributed by atoms with Gasteiger partial charge in [0.1, 0.15) is 0 Å². The number of benzene rings is 1. The van der Waals surface area contributed by atoms with Gasteiger partial charge in [-0.3, -0.25) is 4.79 Å². The zero-order valence-corrected chi connectivity index (χ0v) is 13.5. The molecule has 0 radical (unpaired) electrons. The van der Waals surface area contributed by atoms with E-state index in [2.05, 4.69) is 36.3 Å². The molecule has 2 atom stereocenters. The average Bonchev–Trinajstić information content (AvgIpc) is 2.75. The molecule has 22 heavy (non-hydrogen) atoms. The van der Waals surface area contributed by atoms with Crippen molar-refractivity contribution in [3.63, 3.8) is 0 Å². The highest BCUT2D eigenvalue weighted by Gasteiger charge is 2.61. The Bertz CT molecular complexity index is 620. The minimum absolute atomic E-state index is 0.0105. The third-order valence-electron chi connectivity index (χ3n) is 5.71. The van der Waals surface area contributed by atoms with Crippen molar-refractivity contribution in [2.24, 2.45) is 0 Å². The molecule has 0 N–H and O–H groups in total. The van der Waals surface area contributed by atoms with Crippen LogP contribution in [0.15, 0.2) is 49.6 Å². The number of para-hydroxylation sites is 1. The number of fused-ring (bicyclic) bond motifs is 3. The van der Waals surface area contributed by atoms with Crippen molar-refractivity contribution in [1.29, 1.82) is 0 Å². The molecule has 0 saturated heterocycles. The van der Waals surface area contributed by atoms with E-state index in [1.165, 1.54) is 18.4 Å². The van der Waals surface area contributed by atoms with E-state index in [4.69, 9.17) is 0 Å². The van der Waals surface area contributed by atoms with Gasteiger partial charge in [0.15, 0.2) is 0 Å². The zero-order valence-electron chi connectivity index (χ0n) is 13.5. The molecule has 1 aromatic rings. The van der Waals surface area contributed by atoms with Gasteiger partial charge in [-0.05, 0) is 37.3 Å². The van der Waals surface area contributed by atoms with Crippen LogP contribution in [0, 0.1) is 0 Å². The first kappa shape index (κ1) is 15.1. The first-order valence-corrected chi connectivity index (χ1v) is 8.25. The molecule has 1 aliphatic carbocycles. The van der Waals surface area contributed by atoms with Gasteiger partial charge >= 0.3 is 0 Å². The topological polar surface area (TPSA) is 20.3 Å². The smallest absolute Gasteiger partial charge is 0.224 e. The lowest BCUT2D eigenvalue weighted by atomic mass is 9.57. The lowest BCUT2D eigenvalue weighted by Crippen LogP contribution is -2.60. The largest absolute Gasteiger partial charge is 0.305 e. The Morgan fingerprint density at radius 3 is 2.55 bits per heavy atom. The van der Waals surface area contributed by atoms with E-state index in [9.17, 15) is 4.79 Å². The summed E-state index contributed by atoms with van der Waals surface area (Å²) in [7, 11) is 0. The van der Waals surface area contributed by atoms with Crippen LogP contribution in [0.3, 0.4) is 0 Å². The molecule has 1 aromatic carbocycles. The highest BCUT2D eigenvalue weighted by atomic mass is 16.2. The normalized spacial score (nSPS) is 29.6. The number of anilines is 1. The van der Waals surface area contributed by atoms with Gasteiger partial charge in [0.05, 0.1) is 5.54 Å². The third-order valence-corrected chi connectivity index (χ3v) is 5.71. The van der Waals surface area contributed by atoms with Crippen LogP contribution < -0.4 is 4.90 Å². The van der Waals surface area contributed by atoms with Crippen molar-refractivity contribution in [3.8, 4) is 0 Å². The predicted molar refractivity (Wildman–Crippen MR) is 92.1 cm³/mol. The molecule has 2 aliphatic rings. The van der Waals surface area contributed by atoms with Crippen molar-refractivity contribution < 1.29 is 4.79 Å². The monoisotopic (exact) mass is 295 g/mol. The highest BCUT2D eigenvalue weighted by Crippen LogP contribution is 2.61. The van der Waals surface area contributed by atoms with Crippen molar-refractivity contribution in [1.82, 2.24) is 0 Å². The summed E-state index contributed by atoms with van der Waals surface area (Å²) in [6.45, 7) is 9.70. The van der Waals surface area contributed by atoms with Crippen LogP contribution in [0.25, 0.3) is 0 Å². The maximum atomic E-state index is 12.6. The lowest BCUT2D eigenvalue weighted by molar-refractivity contribution is -0.118. The van der Waals surface area contributed by atoms with Crippen LogP contribution in [0.1, 0.15) is 51.0 Å². The molecule has 0 bridgehead atoms. The number of hydrogen-bond acceptors (Lipinski definition) is 1. The molecule has 0 aromatic heterocycles. The number of amides is 1. The quantitative estimate of drug-likeness (QED) is 0.734. The summed E-state index contributed by atoms with van der Waals surface area (Å²) < 4.78 is 0. The molecular formula is C20H25NO. The van der Waals surface area contributed by atoms with Crippen molar-refractivity contribution >= 4 is 11.6 Å². The Morgan fingerprint density at radius 2 is 1.86 bits per heavy atom. The molecule has 0 unspecified atom stereocenters. The van der Waals surface area contributed by atoms with E-state index in [0.29, 0.717) is 0 Å².